The van der Waals surface area contributed by atoms with Crippen molar-refractivity contribution >= 4 is 21.4 Å². The molecule has 190 valence electrons. The van der Waals surface area contributed by atoms with Gasteiger partial charge in [-0.3, -0.25) is 4.79 Å². The van der Waals surface area contributed by atoms with E-state index in [9.17, 15) is 30.8 Å². The maximum atomic E-state index is 14.5. The van der Waals surface area contributed by atoms with Crippen LogP contribution in [-0.4, -0.2) is 35.8 Å². The number of anilines is 1. The van der Waals surface area contributed by atoms with Crippen molar-refractivity contribution in [1.82, 2.24) is 15.2 Å². The molecule has 1 aliphatic carbocycles. The van der Waals surface area contributed by atoms with Crippen LogP contribution in [0.4, 0.5) is 23.2 Å². The van der Waals surface area contributed by atoms with Gasteiger partial charge in [-0.1, -0.05) is 12.5 Å². The number of ether oxygens (including phenoxy) is 1. The SMILES string of the molecule is Cc1c(C(F)(F)F)nnc(Oc2ccc(C3CCC3)c(F)n2)c1C(=O)Nc1cccc(S(C)(=O)=O)c1. The van der Waals surface area contributed by atoms with E-state index in [1.807, 2.05) is 0 Å². The van der Waals surface area contributed by atoms with Crippen LogP contribution >= 0.6 is 0 Å². The Balaban J connectivity index is 1.71. The average Bonchev–Trinajstić information content (AvgIpc) is 2.73. The van der Waals surface area contributed by atoms with E-state index in [4.69, 9.17) is 4.74 Å². The Morgan fingerprint density at radius 2 is 1.86 bits per heavy atom. The van der Waals surface area contributed by atoms with Crippen molar-refractivity contribution in [3.8, 4) is 11.8 Å². The summed E-state index contributed by atoms with van der Waals surface area (Å²) in [6, 6.07) is 7.98. The van der Waals surface area contributed by atoms with E-state index >= 15 is 0 Å². The maximum absolute atomic E-state index is 14.5. The highest BCUT2D eigenvalue weighted by molar-refractivity contribution is 7.90. The molecular weight excluding hydrogens is 504 g/mol. The van der Waals surface area contributed by atoms with Crippen LogP contribution in [-0.2, 0) is 16.0 Å². The van der Waals surface area contributed by atoms with Crippen molar-refractivity contribution < 1.29 is 35.5 Å². The first kappa shape index (κ1) is 25.5. The molecule has 2 heterocycles. The molecule has 1 N–H and O–H groups in total. The van der Waals surface area contributed by atoms with Crippen molar-refractivity contribution in [2.45, 2.75) is 43.2 Å². The van der Waals surface area contributed by atoms with Crippen LogP contribution in [0.1, 0.15) is 52.4 Å². The molecular formula is C23H20F4N4O4S. The summed E-state index contributed by atoms with van der Waals surface area (Å²) in [6.45, 7) is 1.01. The molecule has 2 aromatic heterocycles. The zero-order valence-corrected chi connectivity index (χ0v) is 19.9. The van der Waals surface area contributed by atoms with E-state index < -0.39 is 50.6 Å². The van der Waals surface area contributed by atoms with Crippen LogP contribution < -0.4 is 10.1 Å². The number of benzene rings is 1. The van der Waals surface area contributed by atoms with Crippen LogP contribution in [0.3, 0.4) is 0 Å². The zero-order valence-electron chi connectivity index (χ0n) is 19.1. The number of nitrogens with one attached hydrogen (secondary N) is 1. The molecule has 3 aromatic rings. The fourth-order valence-corrected chi connectivity index (χ4v) is 4.38. The van der Waals surface area contributed by atoms with E-state index in [0.717, 1.165) is 38.5 Å². The molecule has 1 aliphatic rings. The van der Waals surface area contributed by atoms with Crippen molar-refractivity contribution in [2.75, 3.05) is 11.6 Å². The minimum atomic E-state index is -4.92. The summed E-state index contributed by atoms with van der Waals surface area (Å²) < 4.78 is 83.9. The smallest absolute Gasteiger partial charge is 0.418 e. The number of hydrogen-bond donors (Lipinski definition) is 1. The van der Waals surface area contributed by atoms with Gasteiger partial charge in [0.05, 0.1) is 4.90 Å². The standard InChI is InChI=1S/C23H20F4N4O4S/c1-12-18(21(32)28-14-7-4-8-15(11-14)36(2,33)34)22(31-30-19(12)23(25,26)27)35-17-10-9-16(20(24)29-17)13-5-3-6-13/h4,7-11,13H,3,5-6H2,1-2H3,(H,28,32). The van der Waals surface area contributed by atoms with Gasteiger partial charge in [0.2, 0.25) is 11.8 Å². The van der Waals surface area contributed by atoms with Gasteiger partial charge in [-0.05, 0) is 55.5 Å². The molecule has 0 aliphatic heterocycles. The van der Waals surface area contributed by atoms with Gasteiger partial charge in [-0.2, -0.15) is 22.5 Å². The highest BCUT2D eigenvalue weighted by Crippen LogP contribution is 2.38. The number of nitrogens with zero attached hydrogens (tertiary/aromatic N) is 3. The molecule has 13 heteroatoms. The summed E-state index contributed by atoms with van der Waals surface area (Å²) in [4.78, 5) is 16.7. The molecule has 4 rings (SSSR count). The monoisotopic (exact) mass is 524 g/mol. The lowest BCUT2D eigenvalue weighted by Gasteiger charge is -2.25. The van der Waals surface area contributed by atoms with Crippen LogP contribution in [0.5, 0.6) is 11.8 Å². The topological polar surface area (TPSA) is 111 Å². The fourth-order valence-electron chi connectivity index (χ4n) is 3.71. The predicted octanol–water partition coefficient (Wildman–Crippen LogP) is 5.05. The summed E-state index contributed by atoms with van der Waals surface area (Å²) >= 11 is 0. The van der Waals surface area contributed by atoms with Gasteiger partial charge in [0.25, 0.3) is 11.8 Å². The Bertz CT molecular complexity index is 1440. The first-order chi connectivity index (χ1) is 16.8. The molecule has 8 nitrogen and oxygen atoms in total. The second-order valence-electron chi connectivity index (χ2n) is 8.37. The van der Waals surface area contributed by atoms with E-state index in [2.05, 4.69) is 20.5 Å². The highest BCUT2D eigenvalue weighted by atomic mass is 32.2. The second kappa shape index (κ2) is 9.45. The molecule has 36 heavy (non-hydrogen) atoms. The molecule has 1 fully saturated rings. The Hall–Kier alpha value is -3.61. The molecule has 1 aromatic carbocycles. The second-order valence-corrected chi connectivity index (χ2v) is 10.4. The zero-order chi connectivity index (χ0) is 26.3. The summed E-state index contributed by atoms with van der Waals surface area (Å²) in [5.74, 6) is -2.75. The number of amides is 1. The third-order valence-corrected chi connectivity index (χ3v) is 6.91. The van der Waals surface area contributed by atoms with Gasteiger partial charge in [-0.15, -0.1) is 10.2 Å². The minimum Gasteiger partial charge on any atom is -0.418 e. The van der Waals surface area contributed by atoms with Gasteiger partial charge in [-0.25, -0.2) is 8.42 Å². The normalized spacial score (nSPS) is 14.3. The van der Waals surface area contributed by atoms with E-state index in [-0.39, 0.29) is 22.4 Å². The molecule has 0 atom stereocenters. The molecule has 0 radical (unpaired) electrons. The summed E-state index contributed by atoms with van der Waals surface area (Å²) in [6.07, 6.45) is -1.32. The number of carbonyl (C=O) groups excluding carboxylic acids is 1. The number of alkyl halides is 3. The van der Waals surface area contributed by atoms with Gasteiger partial charge >= 0.3 is 6.18 Å². The quantitative estimate of drug-likeness (QED) is 0.355. The number of rotatable bonds is 6. The van der Waals surface area contributed by atoms with Crippen molar-refractivity contribution in [3.05, 3.63) is 64.7 Å². The Kier molecular flexibility index (Phi) is 6.69. The van der Waals surface area contributed by atoms with Gasteiger partial charge in [0.15, 0.2) is 15.5 Å². The van der Waals surface area contributed by atoms with Crippen molar-refractivity contribution in [1.29, 1.82) is 0 Å². The fraction of sp³-hybridized carbons (Fsp3) is 0.304. The number of halogens is 4. The minimum absolute atomic E-state index is 0.00710. The van der Waals surface area contributed by atoms with E-state index in [1.165, 1.54) is 30.3 Å². The van der Waals surface area contributed by atoms with Crippen molar-refractivity contribution in [2.24, 2.45) is 0 Å². The highest BCUT2D eigenvalue weighted by Gasteiger charge is 2.38. The predicted molar refractivity (Wildman–Crippen MR) is 120 cm³/mol. The summed E-state index contributed by atoms with van der Waals surface area (Å²) in [7, 11) is -3.61. The molecule has 1 saturated carbocycles. The third kappa shape index (κ3) is 5.30. The lowest BCUT2D eigenvalue weighted by Crippen LogP contribution is -2.21. The van der Waals surface area contributed by atoms with Gasteiger partial charge in [0.1, 0.15) is 5.56 Å². The lowest BCUT2D eigenvalue weighted by atomic mass is 9.80. The molecule has 0 spiro atoms. The molecule has 0 bridgehead atoms. The Labute approximate surface area is 203 Å². The van der Waals surface area contributed by atoms with Crippen molar-refractivity contribution in [3.63, 3.8) is 0 Å². The number of hydrogen-bond acceptors (Lipinski definition) is 7. The number of pyridine rings is 1. The number of aromatic nitrogens is 3. The largest absolute Gasteiger partial charge is 0.435 e. The maximum Gasteiger partial charge on any atom is 0.435 e. The Morgan fingerprint density at radius 3 is 2.44 bits per heavy atom. The third-order valence-electron chi connectivity index (χ3n) is 5.80. The first-order valence-corrected chi connectivity index (χ1v) is 12.6. The average molecular weight is 524 g/mol. The van der Waals surface area contributed by atoms with Crippen LogP contribution in [0.15, 0.2) is 41.3 Å². The van der Waals surface area contributed by atoms with Crippen LogP contribution in [0, 0.1) is 12.9 Å². The van der Waals surface area contributed by atoms with E-state index in [0.29, 0.717) is 5.56 Å². The first-order valence-electron chi connectivity index (χ1n) is 10.7. The number of sulfone groups is 1. The number of carbonyl (C=O) groups is 1. The molecule has 1 amide bonds. The Morgan fingerprint density at radius 1 is 1.14 bits per heavy atom. The summed E-state index contributed by atoms with van der Waals surface area (Å²) in [5.41, 5.74) is -2.20. The molecule has 0 unspecified atom stereocenters. The van der Waals surface area contributed by atoms with Crippen LogP contribution in [0.2, 0.25) is 0 Å². The van der Waals surface area contributed by atoms with Gasteiger partial charge in [0, 0.05) is 23.6 Å². The summed E-state index contributed by atoms with van der Waals surface area (Å²) in [5, 5.41) is 8.93. The van der Waals surface area contributed by atoms with E-state index in [1.54, 1.807) is 0 Å². The molecule has 0 saturated heterocycles. The van der Waals surface area contributed by atoms with Gasteiger partial charge < -0.3 is 10.1 Å². The van der Waals surface area contributed by atoms with Crippen LogP contribution in [0.25, 0.3) is 0 Å². The lowest BCUT2D eigenvalue weighted by molar-refractivity contribution is -0.142.